The van der Waals surface area contributed by atoms with E-state index < -0.39 is 11.3 Å². The summed E-state index contributed by atoms with van der Waals surface area (Å²) in [6.45, 7) is 0. The highest BCUT2D eigenvalue weighted by Crippen LogP contribution is 1.76. The van der Waals surface area contributed by atoms with E-state index in [0.29, 0.717) is 0 Å². The van der Waals surface area contributed by atoms with Crippen molar-refractivity contribution in [2.24, 2.45) is 5.73 Å². The molecule has 0 saturated carbocycles. The predicted molar refractivity (Wildman–Crippen MR) is 31.6 cm³/mol. The molecule has 52 valence electrons. The maximum atomic E-state index is 9.86. The van der Waals surface area contributed by atoms with Gasteiger partial charge < -0.3 is 5.73 Å². The van der Waals surface area contributed by atoms with Crippen molar-refractivity contribution in [2.45, 2.75) is 0 Å². The van der Waals surface area contributed by atoms with Crippen LogP contribution in [-0.4, -0.2) is 11.3 Å². The second-order valence-electron chi connectivity index (χ2n) is 0.938. The van der Waals surface area contributed by atoms with Crippen molar-refractivity contribution in [1.82, 2.24) is 5.48 Å². The number of hydroxylamine groups is 1. The number of amidine groups is 1. The van der Waals surface area contributed by atoms with Crippen LogP contribution in [0.15, 0.2) is 0 Å². The van der Waals surface area contributed by atoms with Crippen molar-refractivity contribution >= 4 is 23.9 Å². The van der Waals surface area contributed by atoms with Crippen molar-refractivity contribution in [1.29, 1.82) is 5.41 Å². The van der Waals surface area contributed by atoms with Crippen LogP contribution in [0, 0.1) is 5.41 Å². The van der Waals surface area contributed by atoms with Gasteiger partial charge in [0.25, 0.3) is 0 Å². The molecule has 0 bridgehead atoms. The molecular formula is C2H5N3O3S. The first-order valence-electron chi connectivity index (χ1n) is 1.79. The molecule has 0 aromatic carbocycles. The Labute approximate surface area is 56.1 Å². The van der Waals surface area contributed by atoms with E-state index in [1.54, 1.807) is 5.48 Å². The highest BCUT2D eigenvalue weighted by molar-refractivity contribution is 7.96. The average molecular weight is 151 g/mol. The van der Waals surface area contributed by atoms with Gasteiger partial charge in [0.15, 0.2) is 0 Å². The third-order valence-electron chi connectivity index (χ3n) is 0.260. The molecule has 0 fully saturated rings. The lowest BCUT2D eigenvalue weighted by Gasteiger charge is -1.98. The van der Waals surface area contributed by atoms with E-state index in [0.717, 1.165) is 0 Å². The Hall–Kier alpha value is -0.950. The Morgan fingerprint density at radius 3 is 2.67 bits per heavy atom. The normalized spacial score (nSPS) is 8.11. The second-order valence-corrected chi connectivity index (χ2v) is 1.34. The highest BCUT2D eigenvalue weighted by atomic mass is 32.1. The molecule has 0 saturated heterocycles. The number of amides is 1. The van der Waals surface area contributed by atoms with Crippen LogP contribution in [0.4, 0.5) is 4.79 Å². The Balaban J connectivity index is 3.10. The largest absolute Gasteiger partial charge is 0.351 e. The van der Waals surface area contributed by atoms with Crippen molar-refractivity contribution in [3.05, 3.63) is 0 Å². The van der Waals surface area contributed by atoms with Crippen molar-refractivity contribution in [3.8, 4) is 0 Å². The van der Waals surface area contributed by atoms with Crippen molar-refractivity contribution in [2.75, 3.05) is 0 Å². The van der Waals surface area contributed by atoms with E-state index in [-0.39, 0.29) is 0 Å². The van der Waals surface area contributed by atoms with E-state index in [1.165, 1.54) is 0 Å². The molecule has 0 aliphatic rings. The first-order chi connectivity index (χ1) is 4.13. The molecule has 0 rings (SSSR count). The zero-order chi connectivity index (χ0) is 7.28. The molecular weight excluding hydrogens is 146 g/mol. The molecule has 1 amide bonds. The van der Waals surface area contributed by atoms with Crippen LogP contribution in [0.5, 0.6) is 0 Å². The molecule has 0 aromatic heterocycles. The zero-order valence-electron chi connectivity index (χ0n) is 4.25. The van der Waals surface area contributed by atoms with E-state index >= 15 is 0 Å². The number of thiol groups is 1. The SMILES string of the molecule is N=C(N)OONC(=O)S. The summed E-state index contributed by atoms with van der Waals surface area (Å²) in [5.41, 5.74) is 6.30. The summed E-state index contributed by atoms with van der Waals surface area (Å²) >= 11 is 3.23. The standard InChI is InChI=1S/C2H5N3O3S/c3-1(4)7-8-5-2(6)9/h(H3,3,4)(H2,5,6,9). The van der Waals surface area contributed by atoms with Gasteiger partial charge in [0, 0.05) is 0 Å². The first-order valence-corrected chi connectivity index (χ1v) is 2.24. The number of hydrogen-bond acceptors (Lipinski definition) is 4. The Morgan fingerprint density at radius 2 is 2.33 bits per heavy atom. The summed E-state index contributed by atoms with van der Waals surface area (Å²) in [6.07, 6.45) is 0. The molecule has 4 N–H and O–H groups in total. The van der Waals surface area contributed by atoms with Gasteiger partial charge >= 0.3 is 11.3 Å². The molecule has 0 aliphatic carbocycles. The number of hydrogen-bond donors (Lipinski definition) is 4. The lowest BCUT2D eigenvalue weighted by atomic mass is 11.2. The van der Waals surface area contributed by atoms with Crippen LogP contribution in [0.2, 0.25) is 0 Å². The fourth-order valence-corrected chi connectivity index (χ4v) is 0.139. The van der Waals surface area contributed by atoms with Gasteiger partial charge in [0.05, 0.1) is 0 Å². The molecule has 9 heavy (non-hydrogen) atoms. The first kappa shape index (κ1) is 8.05. The monoisotopic (exact) mass is 151 g/mol. The van der Waals surface area contributed by atoms with E-state index in [1.807, 2.05) is 0 Å². The van der Waals surface area contributed by atoms with Gasteiger partial charge in [-0.1, -0.05) is 17.6 Å². The molecule has 0 heterocycles. The topological polar surface area (TPSA) is 97.4 Å². The minimum atomic E-state index is -0.740. The van der Waals surface area contributed by atoms with Gasteiger partial charge in [-0.2, -0.15) is 5.48 Å². The van der Waals surface area contributed by atoms with Crippen molar-refractivity contribution in [3.63, 3.8) is 0 Å². The summed E-state index contributed by atoms with van der Waals surface area (Å²) in [4.78, 5) is 17.5. The average Bonchev–Trinajstić information content (AvgIpc) is 1.63. The number of carbonyl (C=O) groups excluding carboxylic acids is 1. The summed E-state index contributed by atoms with van der Waals surface area (Å²) in [7, 11) is 0. The minimum Gasteiger partial charge on any atom is -0.351 e. The van der Waals surface area contributed by atoms with Gasteiger partial charge in [-0.3, -0.25) is 9.68 Å². The maximum Gasteiger partial charge on any atom is 0.319 e. The van der Waals surface area contributed by atoms with Gasteiger partial charge in [0.1, 0.15) is 0 Å². The quantitative estimate of drug-likeness (QED) is 0.139. The Kier molecular flexibility index (Phi) is 3.56. The number of rotatable bonds is 2. The summed E-state index contributed by atoms with van der Waals surface area (Å²) in [5, 5.41) is 5.65. The summed E-state index contributed by atoms with van der Waals surface area (Å²) < 4.78 is 0. The Bertz CT molecular complexity index is 112. The number of nitrogens with one attached hydrogen (secondary N) is 2. The second kappa shape index (κ2) is 3.98. The molecule has 7 heteroatoms. The predicted octanol–water partition coefficient (Wildman–Crippen LogP) is -0.618. The lowest BCUT2D eigenvalue weighted by molar-refractivity contribution is -0.257. The molecule has 0 spiro atoms. The van der Waals surface area contributed by atoms with Gasteiger partial charge in [-0.15, -0.1) is 0 Å². The molecule has 0 aliphatic heterocycles. The van der Waals surface area contributed by atoms with Crippen LogP contribution < -0.4 is 11.2 Å². The zero-order valence-corrected chi connectivity index (χ0v) is 5.14. The molecule has 0 atom stereocenters. The molecule has 6 nitrogen and oxygen atoms in total. The van der Waals surface area contributed by atoms with Crippen LogP contribution in [0.1, 0.15) is 0 Å². The third kappa shape index (κ3) is 7.05. The van der Waals surface area contributed by atoms with Gasteiger partial charge in [-0.25, -0.2) is 5.41 Å². The van der Waals surface area contributed by atoms with E-state index in [9.17, 15) is 4.79 Å². The summed E-state index contributed by atoms with van der Waals surface area (Å²) in [6, 6.07) is -0.655. The van der Waals surface area contributed by atoms with E-state index in [4.69, 9.17) is 5.41 Å². The van der Waals surface area contributed by atoms with E-state index in [2.05, 4.69) is 28.2 Å². The fraction of sp³-hybridized carbons (Fsp3) is 0. The molecule has 0 aromatic rings. The van der Waals surface area contributed by atoms with Crippen LogP contribution in [-0.2, 0) is 9.88 Å². The van der Waals surface area contributed by atoms with Crippen LogP contribution in [0.25, 0.3) is 0 Å². The summed E-state index contributed by atoms with van der Waals surface area (Å²) in [5.74, 6) is 0. The number of nitrogens with two attached hydrogens (primary N) is 1. The maximum absolute atomic E-state index is 9.86. The fourth-order valence-electron chi connectivity index (χ4n) is 0.101. The van der Waals surface area contributed by atoms with Gasteiger partial charge in [-0.05, 0) is 0 Å². The van der Waals surface area contributed by atoms with Crippen LogP contribution in [0.3, 0.4) is 0 Å². The number of carbonyl (C=O) groups is 1. The van der Waals surface area contributed by atoms with Gasteiger partial charge in [0.2, 0.25) is 0 Å². The minimum absolute atomic E-state index is 0.655. The molecule has 0 unspecified atom stereocenters. The van der Waals surface area contributed by atoms with Crippen LogP contribution >= 0.6 is 12.6 Å². The Morgan fingerprint density at radius 1 is 1.78 bits per heavy atom. The molecule has 0 radical (unpaired) electrons. The lowest BCUT2D eigenvalue weighted by Crippen LogP contribution is -2.23. The third-order valence-corrected chi connectivity index (χ3v) is 0.352. The smallest absolute Gasteiger partial charge is 0.319 e. The van der Waals surface area contributed by atoms with Crippen molar-refractivity contribution < 1.29 is 14.7 Å². The highest BCUT2D eigenvalue weighted by Gasteiger charge is 1.91.